The van der Waals surface area contributed by atoms with E-state index in [1.807, 2.05) is 27.7 Å². The fraction of sp³-hybridized carbons (Fsp3) is 0.867. The molecule has 1 atom stereocenters. The highest BCUT2D eigenvalue weighted by molar-refractivity contribution is 14.0. The first kappa shape index (κ1) is 22.2. The topological polar surface area (TPSA) is 66.0 Å². The maximum atomic E-state index is 12.2. The SMILES string of the molecule is CCNC(=NCCCF)N1CC[C@@H](NC(=O)OC(C)(C)C)C1.I. The first-order valence-corrected chi connectivity index (χ1v) is 7.94. The summed E-state index contributed by atoms with van der Waals surface area (Å²) in [5.41, 5.74) is -0.495. The maximum Gasteiger partial charge on any atom is 0.407 e. The van der Waals surface area contributed by atoms with E-state index in [1.54, 1.807) is 0 Å². The normalized spacial score (nSPS) is 18.4. The van der Waals surface area contributed by atoms with E-state index in [9.17, 15) is 9.18 Å². The molecule has 23 heavy (non-hydrogen) atoms. The molecule has 1 amide bonds. The number of rotatable bonds is 5. The Morgan fingerprint density at radius 3 is 2.70 bits per heavy atom. The molecule has 0 aliphatic carbocycles. The summed E-state index contributed by atoms with van der Waals surface area (Å²) in [6, 6.07) is 0.0416. The van der Waals surface area contributed by atoms with Crippen LogP contribution < -0.4 is 10.6 Å². The summed E-state index contributed by atoms with van der Waals surface area (Å²) >= 11 is 0. The number of amides is 1. The number of hydrogen-bond acceptors (Lipinski definition) is 3. The van der Waals surface area contributed by atoms with Crippen LogP contribution in [-0.4, -0.2) is 61.4 Å². The molecule has 6 nitrogen and oxygen atoms in total. The summed E-state index contributed by atoms with van der Waals surface area (Å²) in [5, 5.41) is 6.09. The molecule has 8 heteroatoms. The molecule has 0 bridgehead atoms. The highest BCUT2D eigenvalue weighted by Crippen LogP contribution is 2.12. The van der Waals surface area contributed by atoms with Gasteiger partial charge in [-0.2, -0.15) is 0 Å². The first-order chi connectivity index (χ1) is 10.4. The molecule has 0 aromatic rings. The Hall–Kier alpha value is -0.800. The molecule has 1 aliphatic heterocycles. The van der Waals surface area contributed by atoms with E-state index in [-0.39, 0.29) is 36.7 Å². The van der Waals surface area contributed by atoms with Crippen molar-refractivity contribution in [3.8, 4) is 0 Å². The summed E-state index contributed by atoms with van der Waals surface area (Å²) in [7, 11) is 0. The molecule has 0 saturated carbocycles. The molecule has 0 aromatic carbocycles. The molecular weight excluding hydrogens is 414 g/mol. The van der Waals surface area contributed by atoms with Crippen LogP contribution in [0.2, 0.25) is 0 Å². The number of alkyl carbamates (subject to hydrolysis) is 1. The number of likely N-dealkylation sites (tertiary alicyclic amines) is 1. The van der Waals surface area contributed by atoms with E-state index in [0.29, 0.717) is 19.5 Å². The van der Waals surface area contributed by atoms with Crippen LogP contribution in [0, 0.1) is 0 Å². The molecular formula is C15H30FIN4O2. The molecule has 0 spiro atoms. The lowest BCUT2D eigenvalue weighted by Gasteiger charge is -2.23. The minimum absolute atomic E-state index is 0. The number of guanidine groups is 1. The number of nitrogens with zero attached hydrogens (tertiary/aromatic N) is 2. The third-order valence-electron chi connectivity index (χ3n) is 3.10. The van der Waals surface area contributed by atoms with Gasteiger partial charge in [0.15, 0.2) is 5.96 Å². The van der Waals surface area contributed by atoms with E-state index < -0.39 is 11.7 Å². The summed E-state index contributed by atoms with van der Waals surface area (Å²) in [5.74, 6) is 0.782. The fourth-order valence-electron chi connectivity index (χ4n) is 2.22. The average Bonchev–Trinajstić information content (AvgIpc) is 2.84. The smallest absolute Gasteiger partial charge is 0.407 e. The van der Waals surface area contributed by atoms with Crippen LogP contribution in [0.3, 0.4) is 0 Å². The van der Waals surface area contributed by atoms with Gasteiger partial charge in [0.05, 0.1) is 12.7 Å². The lowest BCUT2D eigenvalue weighted by Crippen LogP contribution is -2.44. The van der Waals surface area contributed by atoms with E-state index in [0.717, 1.165) is 25.5 Å². The van der Waals surface area contributed by atoms with Crippen molar-refractivity contribution in [1.82, 2.24) is 15.5 Å². The van der Waals surface area contributed by atoms with Crippen molar-refractivity contribution in [3.05, 3.63) is 0 Å². The van der Waals surface area contributed by atoms with Gasteiger partial charge in [-0.1, -0.05) is 0 Å². The van der Waals surface area contributed by atoms with Crippen LogP contribution in [0.25, 0.3) is 0 Å². The third kappa shape index (κ3) is 9.17. The molecule has 1 rings (SSSR count). The predicted octanol–water partition coefficient (Wildman–Crippen LogP) is 2.53. The zero-order valence-corrected chi connectivity index (χ0v) is 16.9. The summed E-state index contributed by atoms with van der Waals surface area (Å²) in [6.45, 7) is 9.89. The monoisotopic (exact) mass is 444 g/mol. The molecule has 0 aromatic heterocycles. The summed E-state index contributed by atoms with van der Waals surface area (Å²) < 4.78 is 17.4. The van der Waals surface area contributed by atoms with Crippen LogP contribution in [0.15, 0.2) is 4.99 Å². The van der Waals surface area contributed by atoms with Gasteiger partial charge in [-0.25, -0.2) is 4.79 Å². The molecule has 1 saturated heterocycles. The van der Waals surface area contributed by atoms with Gasteiger partial charge >= 0.3 is 6.09 Å². The second-order valence-electron chi connectivity index (χ2n) is 6.36. The van der Waals surface area contributed by atoms with E-state index in [4.69, 9.17) is 4.74 Å². The maximum absolute atomic E-state index is 12.2. The minimum atomic E-state index is -0.495. The zero-order valence-electron chi connectivity index (χ0n) is 14.5. The van der Waals surface area contributed by atoms with Gasteiger partial charge in [0, 0.05) is 26.2 Å². The predicted molar refractivity (Wildman–Crippen MR) is 101 cm³/mol. The van der Waals surface area contributed by atoms with Crippen molar-refractivity contribution in [2.75, 3.05) is 32.9 Å². The Morgan fingerprint density at radius 1 is 1.43 bits per heavy atom. The van der Waals surface area contributed by atoms with Crippen molar-refractivity contribution >= 4 is 36.0 Å². The fourth-order valence-corrected chi connectivity index (χ4v) is 2.22. The number of alkyl halides is 1. The van der Waals surface area contributed by atoms with Crippen LogP contribution in [0.4, 0.5) is 9.18 Å². The summed E-state index contributed by atoms with van der Waals surface area (Å²) in [6.07, 6.45) is 0.883. The number of carbonyl (C=O) groups excluding carboxylic acids is 1. The highest BCUT2D eigenvalue weighted by atomic mass is 127. The Kier molecular flexibility index (Phi) is 10.5. The van der Waals surface area contributed by atoms with E-state index in [1.165, 1.54) is 0 Å². The number of carbonyl (C=O) groups is 1. The van der Waals surface area contributed by atoms with Gasteiger partial charge in [-0.05, 0) is 40.5 Å². The second kappa shape index (κ2) is 10.9. The Morgan fingerprint density at radius 2 is 2.13 bits per heavy atom. The van der Waals surface area contributed by atoms with Crippen molar-refractivity contribution in [2.24, 2.45) is 4.99 Å². The lowest BCUT2D eigenvalue weighted by molar-refractivity contribution is 0.0507. The third-order valence-corrected chi connectivity index (χ3v) is 3.10. The molecule has 136 valence electrons. The average molecular weight is 444 g/mol. The molecule has 2 N–H and O–H groups in total. The number of halogens is 2. The van der Waals surface area contributed by atoms with Crippen molar-refractivity contribution in [3.63, 3.8) is 0 Å². The van der Waals surface area contributed by atoms with Crippen LogP contribution in [0.1, 0.15) is 40.5 Å². The quantitative estimate of drug-likeness (QED) is 0.296. The Balaban J connectivity index is 0.00000484. The number of aliphatic imine (C=N–C) groups is 1. The Labute approximate surface area is 155 Å². The first-order valence-electron chi connectivity index (χ1n) is 7.94. The van der Waals surface area contributed by atoms with Crippen LogP contribution in [-0.2, 0) is 4.74 Å². The largest absolute Gasteiger partial charge is 0.444 e. The van der Waals surface area contributed by atoms with Crippen LogP contribution >= 0.6 is 24.0 Å². The minimum Gasteiger partial charge on any atom is -0.444 e. The van der Waals surface area contributed by atoms with Gasteiger partial charge in [0.25, 0.3) is 0 Å². The van der Waals surface area contributed by atoms with Crippen molar-refractivity contribution < 1.29 is 13.9 Å². The molecule has 1 fully saturated rings. The second-order valence-corrected chi connectivity index (χ2v) is 6.36. The molecule has 0 radical (unpaired) electrons. The molecule has 1 aliphatic rings. The summed E-state index contributed by atoms with van der Waals surface area (Å²) in [4.78, 5) is 18.3. The standard InChI is InChI=1S/C15H29FN4O2.HI/c1-5-17-13(18-9-6-8-16)20-10-7-12(11-20)19-14(21)22-15(2,3)4;/h12H,5-11H2,1-4H3,(H,17,18)(H,19,21);1H/t12-;/m1./s1. The van der Waals surface area contributed by atoms with Gasteiger partial charge in [-0.3, -0.25) is 9.38 Å². The van der Waals surface area contributed by atoms with Crippen molar-refractivity contribution in [2.45, 2.75) is 52.2 Å². The van der Waals surface area contributed by atoms with Crippen molar-refractivity contribution in [1.29, 1.82) is 0 Å². The van der Waals surface area contributed by atoms with E-state index in [2.05, 4.69) is 20.5 Å². The van der Waals surface area contributed by atoms with Crippen LogP contribution in [0.5, 0.6) is 0 Å². The number of nitrogens with one attached hydrogen (secondary N) is 2. The van der Waals surface area contributed by atoms with Gasteiger partial charge in [-0.15, -0.1) is 24.0 Å². The molecule has 1 heterocycles. The highest BCUT2D eigenvalue weighted by Gasteiger charge is 2.27. The Bertz CT molecular complexity index is 388. The molecule has 0 unspecified atom stereocenters. The van der Waals surface area contributed by atoms with E-state index >= 15 is 0 Å². The van der Waals surface area contributed by atoms with Gasteiger partial charge in [0.2, 0.25) is 0 Å². The van der Waals surface area contributed by atoms with Gasteiger partial charge < -0.3 is 20.3 Å². The lowest BCUT2D eigenvalue weighted by atomic mass is 10.2. The number of ether oxygens (including phenoxy) is 1. The van der Waals surface area contributed by atoms with Gasteiger partial charge in [0.1, 0.15) is 5.60 Å². The zero-order chi connectivity index (χ0) is 16.6. The number of hydrogen-bond donors (Lipinski definition) is 2.